The first-order valence-corrected chi connectivity index (χ1v) is 8.81. The third-order valence-corrected chi connectivity index (χ3v) is 4.62. The minimum absolute atomic E-state index is 0.0532. The van der Waals surface area contributed by atoms with Gasteiger partial charge in [0.1, 0.15) is 24.8 Å². The van der Waals surface area contributed by atoms with Crippen LogP contribution in [0, 0.1) is 0 Å². The van der Waals surface area contributed by atoms with Crippen LogP contribution in [-0.2, 0) is 18.3 Å². The Morgan fingerprint density at radius 3 is 2.96 bits per heavy atom. The molecule has 0 amide bonds. The van der Waals surface area contributed by atoms with Gasteiger partial charge in [0.05, 0.1) is 11.1 Å². The van der Waals surface area contributed by atoms with Crippen molar-refractivity contribution < 1.29 is 13.5 Å². The van der Waals surface area contributed by atoms with Crippen molar-refractivity contribution in [3.8, 4) is 0 Å². The first-order chi connectivity index (χ1) is 12.9. The first kappa shape index (κ1) is 17.8. The number of hydrogen-bond donors (Lipinski definition) is 1. The SMILES string of the molecule is Cn1nccc1C1CC(Nc2ncnc3nn(CC(C)(F)F)cc23)CCO1. The van der Waals surface area contributed by atoms with Gasteiger partial charge in [-0.15, -0.1) is 0 Å². The van der Waals surface area contributed by atoms with Crippen LogP contribution in [0.1, 0.15) is 31.6 Å². The molecule has 1 aliphatic rings. The quantitative estimate of drug-likeness (QED) is 0.736. The van der Waals surface area contributed by atoms with Gasteiger partial charge in [-0.1, -0.05) is 0 Å². The molecule has 3 aromatic heterocycles. The van der Waals surface area contributed by atoms with Gasteiger partial charge in [0.15, 0.2) is 5.65 Å². The molecule has 3 aromatic rings. The maximum atomic E-state index is 13.3. The van der Waals surface area contributed by atoms with Crippen molar-refractivity contribution in [3.05, 3.63) is 30.5 Å². The van der Waals surface area contributed by atoms with Gasteiger partial charge in [-0.3, -0.25) is 9.36 Å². The average molecular weight is 377 g/mol. The summed E-state index contributed by atoms with van der Waals surface area (Å²) in [4.78, 5) is 8.38. The number of aryl methyl sites for hydroxylation is 1. The Labute approximate surface area is 154 Å². The minimum atomic E-state index is -2.85. The van der Waals surface area contributed by atoms with E-state index in [0.717, 1.165) is 25.5 Å². The topological polar surface area (TPSA) is 82.7 Å². The summed E-state index contributed by atoms with van der Waals surface area (Å²) in [5.74, 6) is -2.25. The van der Waals surface area contributed by atoms with Crippen LogP contribution in [0.4, 0.5) is 14.6 Å². The Kier molecular flexibility index (Phi) is 4.50. The number of ether oxygens (including phenoxy) is 1. The molecule has 10 heteroatoms. The van der Waals surface area contributed by atoms with Crippen molar-refractivity contribution >= 4 is 16.9 Å². The van der Waals surface area contributed by atoms with Crippen LogP contribution in [0.2, 0.25) is 0 Å². The van der Waals surface area contributed by atoms with Gasteiger partial charge >= 0.3 is 0 Å². The normalized spacial score (nSPS) is 20.9. The maximum absolute atomic E-state index is 13.3. The van der Waals surface area contributed by atoms with E-state index in [9.17, 15) is 8.78 Å². The molecule has 0 radical (unpaired) electrons. The molecule has 4 rings (SSSR count). The Morgan fingerprint density at radius 1 is 1.37 bits per heavy atom. The highest BCUT2D eigenvalue weighted by molar-refractivity contribution is 5.85. The third kappa shape index (κ3) is 3.90. The number of fused-ring (bicyclic) bond motifs is 1. The molecule has 8 nitrogen and oxygen atoms in total. The fourth-order valence-electron chi connectivity index (χ4n) is 3.39. The van der Waals surface area contributed by atoms with E-state index in [1.54, 1.807) is 12.4 Å². The molecule has 0 aromatic carbocycles. The molecule has 0 bridgehead atoms. The highest BCUT2D eigenvalue weighted by atomic mass is 19.3. The number of hydrogen-bond acceptors (Lipinski definition) is 6. The molecule has 1 aliphatic heterocycles. The number of anilines is 1. The van der Waals surface area contributed by atoms with Gasteiger partial charge in [0.25, 0.3) is 5.92 Å². The lowest BCUT2D eigenvalue weighted by Gasteiger charge is -2.30. The van der Waals surface area contributed by atoms with E-state index >= 15 is 0 Å². The van der Waals surface area contributed by atoms with Crippen LogP contribution in [0.15, 0.2) is 24.8 Å². The van der Waals surface area contributed by atoms with E-state index in [2.05, 4.69) is 25.5 Å². The maximum Gasteiger partial charge on any atom is 0.264 e. The molecule has 0 aliphatic carbocycles. The van der Waals surface area contributed by atoms with Crippen molar-refractivity contribution in [2.24, 2.45) is 7.05 Å². The summed E-state index contributed by atoms with van der Waals surface area (Å²) in [5, 5.41) is 12.4. The molecule has 2 atom stereocenters. The first-order valence-electron chi connectivity index (χ1n) is 8.81. The van der Waals surface area contributed by atoms with Gasteiger partial charge in [-0.05, 0) is 18.9 Å². The molecule has 27 heavy (non-hydrogen) atoms. The fraction of sp³-hybridized carbons (Fsp3) is 0.529. The average Bonchev–Trinajstić information content (AvgIpc) is 3.19. The lowest BCUT2D eigenvalue weighted by molar-refractivity contribution is 0.000734. The van der Waals surface area contributed by atoms with Crippen LogP contribution in [0.5, 0.6) is 0 Å². The molecule has 1 N–H and O–H groups in total. The van der Waals surface area contributed by atoms with Crippen LogP contribution < -0.4 is 5.32 Å². The fourth-order valence-corrected chi connectivity index (χ4v) is 3.39. The van der Waals surface area contributed by atoms with E-state index in [4.69, 9.17) is 4.74 Å². The van der Waals surface area contributed by atoms with E-state index < -0.39 is 12.5 Å². The second-order valence-electron chi connectivity index (χ2n) is 6.96. The standard InChI is InChI=1S/C17H21F2N7O/c1-17(18,19)9-26-8-12-15(20-10-21-16(12)24-26)23-11-4-6-27-14(7-11)13-3-5-22-25(13)2/h3,5,8,10-11,14H,4,6-7,9H2,1-2H3,(H,20,21,23,24). The van der Waals surface area contributed by atoms with Crippen molar-refractivity contribution in [1.29, 1.82) is 0 Å². The molecule has 1 saturated heterocycles. The Hall–Kier alpha value is -2.62. The predicted octanol–water partition coefficient (Wildman–Crippen LogP) is 2.55. The molecule has 2 unspecified atom stereocenters. The summed E-state index contributed by atoms with van der Waals surface area (Å²) in [6.45, 7) is 0.983. The minimum Gasteiger partial charge on any atom is -0.372 e. The highest BCUT2D eigenvalue weighted by Crippen LogP contribution is 2.30. The van der Waals surface area contributed by atoms with Gasteiger partial charge in [-0.25, -0.2) is 18.7 Å². The van der Waals surface area contributed by atoms with E-state index in [1.165, 1.54) is 11.0 Å². The number of nitrogens with zero attached hydrogens (tertiary/aromatic N) is 6. The van der Waals surface area contributed by atoms with Gasteiger partial charge in [0, 0.05) is 39.0 Å². The van der Waals surface area contributed by atoms with Crippen LogP contribution in [0.25, 0.3) is 11.0 Å². The Balaban J connectivity index is 1.53. The van der Waals surface area contributed by atoms with Crippen molar-refractivity contribution in [2.45, 2.75) is 44.4 Å². The summed E-state index contributed by atoms with van der Waals surface area (Å²) in [6, 6.07) is 2.08. The molecule has 4 heterocycles. The second kappa shape index (κ2) is 6.84. The number of nitrogens with one attached hydrogen (secondary N) is 1. The van der Waals surface area contributed by atoms with Gasteiger partial charge < -0.3 is 10.1 Å². The zero-order valence-electron chi connectivity index (χ0n) is 15.1. The number of rotatable bonds is 5. The Bertz CT molecular complexity index is 933. The smallest absolute Gasteiger partial charge is 0.264 e. The second-order valence-corrected chi connectivity index (χ2v) is 6.96. The van der Waals surface area contributed by atoms with Crippen molar-refractivity contribution in [2.75, 3.05) is 11.9 Å². The largest absolute Gasteiger partial charge is 0.372 e. The molecular weight excluding hydrogens is 356 g/mol. The molecule has 1 fully saturated rings. The van der Waals surface area contributed by atoms with E-state index in [0.29, 0.717) is 23.5 Å². The monoisotopic (exact) mass is 377 g/mol. The number of halogens is 2. The summed E-state index contributed by atoms with van der Waals surface area (Å²) < 4.78 is 35.5. The predicted molar refractivity (Wildman–Crippen MR) is 94.5 cm³/mol. The van der Waals surface area contributed by atoms with Crippen molar-refractivity contribution in [3.63, 3.8) is 0 Å². The van der Waals surface area contributed by atoms with Crippen LogP contribution in [0.3, 0.4) is 0 Å². The lowest BCUT2D eigenvalue weighted by Crippen LogP contribution is -2.31. The summed E-state index contributed by atoms with van der Waals surface area (Å²) in [7, 11) is 1.89. The van der Waals surface area contributed by atoms with Crippen LogP contribution >= 0.6 is 0 Å². The zero-order valence-corrected chi connectivity index (χ0v) is 15.1. The van der Waals surface area contributed by atoms with E-state index in [-0.39, 0.29) is 12.1 Å². The summed E-state index contributed by atoms with van der Waals surface area (Å²) in [5.41, 5.74) is 1.42. The molecular formula is C17H21F2N7O. The Morgan fingerprint density at radius 2 is 2.22 bits per heavy atom. The highest BCUT2D eigenvalue weighted by Gasteiger charge is 2.27. The van der Waals surface area contributed by atoms with Crippen LogP contribution in [-0.4, -0.2) is 48.1 Å². The zero-order chi connectivity index (χ0) is 19.0. The third-order valence-electron chi connectivity index (χ3n) is 4.62. The van der Waals surface area contributed by atoms with Crippen molar-refractivity contribution in [1.82, 2.24) is 29.5 Å². The van der Waals surface area contributed by atoms with E-state index in [1.807, 2.05) is 17.8 Å². The summed E-state index contributed by atoms with van der Waals surface area (Å²) in [6.07, 6.45) is 6.23. The molecule has 0 spiro atoms. The van der Waals surface area contributed by atoms with Gasteiger partial charge in [0.2, 0.25) is 0 Å². The number of alkyl halides is 2. The molecule has 144 valence electrons. The number of aromatic nitrogens is 6. The molecule has 0 saturated carbocycles. The lowest BCUT2D eigenvalue weighted by atomic mass is 10.0. The summed E-state index contributed by atoms with van der Waals surface area (Å²) >= 11 is 0. The van der Waals surface area contributed by atoms with Gasteiger partial charge in [-0.2, -0.15) is 10.2 Å².